The van der Waals surface area contributed by atoms with Crippen LogP contribution in [0.3, 0.4) is 0 Å². The molecule has 0 saturated carbocycles. The van der Waals surface area contributed by atoms with Crippen molar-refractivity contribution in [1.82, 2.24) is 10.1 Å². The molecule has 1 heterocycles. The highest BCUT2D eigenvalue weighted by molar-refractivity contribution is 6.06. The number of nitrogens with one attached hydrogen (secondary N) is 1. The third-order valence-corrected chi connectivity index (χ3v) is 5.39. The molecule has 190 valence electrons. The van der Waals surface area contributed by atoms with Gasteiger partial charge in [-0.05, 0) is 36.4 Å². The fraction of sp³-hybridized carbons (Fsp3) is 0.160. The van der Waals surface area contributed by atoms with Gasteiger partial charge in [0.15, 0.2) is 17.2 Å². The van der Waals surface area contributed by atoms with Crippen LogP contribution in [-0.2, 0) is 0 Å². The second-order valence-electron chi connectivity index (χ2n) is 7.48. The zero-order valence-corrected chi connectivity index (χ0v) is 20.3. The van der Waals surface area contributed by atoms with E-state index in [0.717, 1.165) is 6.07 Å². The molecule has 0 radical (unpaired) electrons. The van der Waals surface area contributed by atoms with Crippen molar-refractivity contribution in [2.24, 2.45) is 0 Å². The van der Waals surface area contributed by atoms with Gasteiger partial charge in [-0.2, -0.15) is 4.98 Å². The largest absolute Gasteiger partial charge is 0.493 e. The van der Waals surface area contributed by atoms with Crippen LogP contribution in [0.25, 0.3) is 22.8 Å². The molecule has 4 aromatic rings. The van der Waals surface area contributed by atoms with Crippen LogP contribution in [0.5, 0.6) is 23.0 Å². The zero-order chi connectivity index (χ0) is 26.5. The number of anilines is 1. The number of para-hydroxylation sites is 1. The molecule has 0 bridgehead atoms. The first-order chi connectivity index (χ1) is 17.9. The van der Waals surface area contributed by atoms with Crippen LogP contribution < -0.4 is 24.3 Å². The fourth-order valence-electron chi connectivity index (χ4n) is 3.61. The lowest BCUT2D eigenvalue weighted by Gasteiger charge is -2.12. The molecule has 12 heteroatoms. The van der Waals surface area contributed by atoms with Crippen molar-refractivity contribution in [2.45, 2.75) is 0 Å². The molecule has 1 amide bonds. The lowest BCUT2D eigenvalue weighted by Crippen LogP contribution is -2.13. The van der Waals surface area contributed by atoms with Gasteiger partial charge < -0.3 is 28.8 Å². The molecule has 1 N–H and O–H groups in total. The van der Waals surface area contributed by atoms with Crippen molar-refractivity contribution in [3.63, 3.8) is 0 Å². The fourth-order valence-corrected chi connectivity index (χ4v) is 3.61. The Morgan fingerprint density at radius 3 is 2.22 bits per heavy atom. The smallest absolute Gasteiger partial charge is 0.311 e. The lowest BCUT2D eigenvalue weighted by molar-refractivity contribution is -0.385. The SMILES string of the molecule is COc1ccc(C(=O)Nc2ccccc2-c2nc(-c3cc(OC)c(OC)c(OC)c3)no2)cc1[N+](=O)[O-]. The molecule has 37 heavy (non-hydrogen) atoms. The maximum absolute atomic E-state index is 12.9. The van der Waals surface area contributed by atoms with E-state index in [4.69, 9.17) is 23.5 Å². The highest BCUT2D eigenvalue weighted by Gasteiger charge is 2.21. The molecule has 12 nitrogen and oxygen atoms in total. The maximum Gasteiger partial charge on any atom is 0.311 e. The number of nitro groups is 1. The van der Waals surface area contributed by atoms with E-state index < -0.39 is 10.8 Å². The highest BCUT2D eigenvalue weighted by atomic mass is 16.6. The van der Waals surface area contributed by atoms with Crippen LogP contribution in [0.1, 0.15) is 10.4 Å². The van der Waals surface area contributed by atoms with Crippen molar-refractivity contribution in [3.8, 4) is 45.8 Å². The minimum atomic E-state index is -0.618. The van der Waals surface area contributed by atoms with E-state index in [1.54, 1.807) is 36.4 Å². The van der Waals surface area contributed by atoms with Gasteiger partial charge in [-0.15, -0.1) is 0 Å². The summed E-state index contributed by atoms with van der Waals surface area (Å²) in [6, 6.07) is 14.1. The number of hydrogen-bond acceptors (Lipinski definition) is 10. The first kappa shape index (κ1) is 25.0. The number of ether oxygens (including phenoxy) is 4. The first-order valence-electron chi connectivity index (χ1n) is 10.8. The van der Waals surface area contributed by atoms with Crippen LogP contribution in [-0.4, -0.2) is 49.4 Å². The van der Waals surface area contributed by atoms with E-state index in [1.165, 1.54) is 40.6 Å². The van der Waals surface area contributed by atoms with Gasteiger partial charge in [-0.1, -0.05) is 17.3 Å². The number of carbonyl (C=O) groups is 1. The number of methoxy groups -OCH3 is 4. The molecule has 0 fully saturated rings. The summed E-state index contributed by atoms with van der Waals surface area (Å²) in [5, 5.41) is 18.1. The Bertz CT molecular complexity index is 1440. The zero-order valence-electron chi connectivity index (χ0n) is 20.3. The molecule has 0 aliphatic carbocycles. The van der Waals surface area contributed by atoms with Gasteiger partial charge in [-0.25, -0.2) is 0 Å². The second-order valence-corrected chi connectivity index (χ2v) is 7.48. The number of rotatable bonds is 9. The maximum atomic E-state index is 12.9. The van der Waals surface area contributed by atoms with E-state index >= 15 is 0 Å². The molecule has 4 rings (SSSR count). The Morgan fingerprint density at radius 2 is 1.59 bits per heavy atom. The molecule has 1 aromatic heterocycles. The van der Waals surface area contributed by atoms with Crippen LogP contribution in [0.15, 0.2) is 59.1 Å². The minimum Gasteiger partial charge on any atom is -0.493 e. The van der Waals surface area contributed by atoms with Crippen LogP contribution in [0, 0.1) is 10.1 Å². The highest BCUT2D eigenvalue weighted by Crippen LogP contribution is 2.41. The van der Waals surface area contributed by atoms with E-state index in [1.807, 2.05) is 0 Å². The number of aromatic nitrogens is 2. The van der Waals surface area contributed by atoms with Gasteiger partial charge in [0.05, 0.1) is 44.6 Å². The van der Waals surface area contributed by atoms with Crippen LogP contribution in [0.2, 0.25) is 0 Å². The molecule has 0 saturated heterocycles. The number of carbonyl (C=O) groups excluding carboxylic acids is 1. The molecular weight excluding hydrogens is 484 g/mol. The van der Waals surface area contributed by atoms with Crippen molar-refractivity contribution in [2.75, 3.05) is 33.8 Å². The number of nitro benzene ring substituents is 1. The standard InChI is InChI=1S/C25H22N4O8/c1-33-19-10-9-14(11-18(19)29(31)32)24(30)26-17-8-6-5-7-16(17)25-27-23(28-37-25)15-12-20(34-2)22(36-4)21(13-15)35-3/h5-13H,1-4H3,(H,26,30). The number of benzene rings is 3. The van der Waals surface area contributed by atoms with Crippen molar-refractivity contribution in [1.29, 1.82) is 0 Å². The molecule has 0 aliphatic rings. The third-order valence-electron chi connectivity index (χ3n) is 5.39. The molecule has 0 atom stereocenters. The predicted octanol–water partition coefficient (Wildman–Crippen LogP) is 4.60. The number of hydrogen-bond donors (Lipinski definition) is 1. The number of nitrogens with zero attached hydrogens (tertiary/aromatic N) is 3. The van der Waals surface area contributed by atoms with Crippen molar-refractivity contribution < 1.29 is 33.2 Å². The van der Waals surface area contributed by atoms with Crippen molar-refractivity contribution >= 4 is 17.3 Å². The first-order valence-corrected chi connectivity index (χ1v) is 10.8. The van der Waals surface area contributed by atoms with E-state index in [-0.39, 0.29) is 28.7 Å². The summed E-state index contributed by atoms with van der Waals surface area (Å²) in [5.41, 5.74) is 1.12. The molecule has 0 spiro atoms. The molecule has 0 aliphatic heterocycles. The summed E-state index contributed by atoms with van der Waals surface area (Å²) < 4.78 is 26.6. The second kappa shape index (κ2) is 10.6. The van der Waals surface area contributed by atoms with Gasteiger partial charge >= 0.3 is 5.69 Å². The molecule has 3 aromatic carbocycles. The summed E-state index contributed by atoms with van der Waals surface area (Å²) in [7, 11) is 5.81. The van der Waals surface area contributed by atoms with Gasteiger partial charge in [0.2, 0.25) is 11.6 Å². The summed E-state index contributed by atoms with van der Waals surface area (Å²) in [4.78, 5) is 28.1. The molecular formula is C25H22N4O8. The average Bonchev–Trinajstić information content (AvgIpc) is 3.42. The van der Waals surface area contributed by atoms with E-state index in [0.29, 0.717) is 34.1 Å². The molecule has 0 unspecified atom stereocenters. The number of amides is 1. The summed E-state index contributed by atoms with van der Waals surface area (Å²) in [6.45, 7) is 0. The van der Waals surface area contributed by atoms with Gasteiger partial charge in [0.25, 0.3) is 11.8 Å². The summed E-state index contributed by atoms with van der Waals surface area (Å²) in [6.07, 6.45) is 0. The third kappa shape index (κ3) is 4.98. The van der Waals surface area contributed by atoms with E-state index in [9.17, 15) is 14.9 Å². The lowest BCUT2D eigenvalue weighted by atomic mass is 10.1. The Kier molecular flexibility index (Phi) is 7.19. The normalized spacial score (nSPS) is 10.5. The summed E-state index contributed by atoms with van der Waals surface area (Å²) >= 11 is 0. The summed E-state index contributed by atoms with van der Waals surface area (Å²) in [5.74, 6) is 1.13. The van der Waals surface area contributed by atoms with Gasteiger partial charge in [0, 0.05) is 17.2 Å². The predicted molar refractivity (Wildman–Crippen MR) is 132 cm³/mol. The van der Waals surface area contributed by atoms with Crippen molar-refractivity contribution in [3.05, 3.63) is 70.3 Å². The minimum absolute atomic E-state index is 0.0483. The van der Waals surface area contributed by atoms with Crippen LogP contribution in [0.4, 0.5) is 11.4 Å². The van der Waals surface area contributed by atoms with E-state index in [2.05, 4.69) is 15.5 Å². The Morgan fingerprint density at radius 1 is 0.919 bits per heavy atom. The van der Waals surface area contributed by atoms with Gasteiger partial charge in [-0.3, -0.25) is 14.9 Å². The topological polar surface area (TPSA) is 148 Å². The Hall–Kier alpha value is -5.13. The van der Waals surface area contributed by atoms with Gasteiger partial charge in [0.1, 0.15) is 0 Å². The van der Waals surface area contributed by atoms with Crippen LogP contribution >= 0.6 is 0 Å². The average molecular weight is 506 g/mol. The Balaban J connectivity index is 1.66. The Labute approximate surface area is 210 Å². The monoisotopic (exact) mass is 506 g/mol. The quantitative estimate of drug-likeness (QED) is 0.252.